The van der Waals surface area contributed by atoms with E-state index < -0.39 is 0 Å². The van der Waals surface area contributed by atoms with Gasteiger partial charge in [-0.2, -0.15) is 0 Å². The van der Waals surface area contributed by atoms with Crippen LogP contribution in [-0.2, 0) is 4.74 Å². The van der Waals surface area contributed by atoms with Gasteiger partial charge in [-0.05, 0) is 19.9 Å². The molecule has 0 amide bonds. The lowest BCUT2D eigenvalue weighted by Crippen LogP contribution is -2.43. The molecule has 88 valence electrons. The monoisotopic (exact) mass is 214 g/mol. The van der Waals surface area contributed by atoms with Crippen molar-refractivity contribution in [3.63, 3.8) is 0 Å². The maximum atomic E-state index is 9.50. The molecule has 2 heterocycles. The molecule has 2 unspecified atom stereocenters. The molecule has 4 heteroatoms. The molecule has 2 aliphatic rings. The lowest BCUT2D eigenvalue weighted by atomic mass is 9.86. The van der Waals surface area contributed by atoms with Gasteiger partial charge < -0.3 is 15.2 Å². The van der Waals surface area contributed by atoms with Crippen molar-refractivity contribution in [3.05, 3.63) is 0 Å². The van der Waals surface area contributed by atoms with E-state index >= 15 is 0 Å². The van der Waals surface area contributed by atoms with Gasteiger partial charge in [0.15, 0.2) is 0 Å². The van der Waals surface area contributed by atoms with E-state index in [2.05, 4.69) is 10.2 Å². The Balaban J connectivity index is 1.89. The van der Waals surface area contributed by atoms with E-state index in [1.54, 1.807) is 0 Å². The van der Waals surface area contributed by atoms with Crippen LogP contribution < -0.4 is 5.32 Å². The topological polar surface area (TPSA) is 44.7 Å². The summed E-state index contributed by atoms with van der Waals surface area (Å²) in [5, 5.41) is 12.8. The number of nitrogens with one attached hydrogen (secondary N) is 1. The molecule has 15 heavy (non-hydrogen) atoms. The van der Waals surface area contributed by atoms with Crippen molar-refractivity contribution in [2.24, 2.45) is 5.41 Å². The number of aliphatic hydroxyl groups excluding tert-OH is 1. The summed E-state index contributed by atoms with van der Waals surface area (Å²) >= 11 is 0. The molecule has 2 saturated heterocycles. The molecule has 2 N–H and O–H groups in total. The van der Waals surface area contributed by atoms with Crippen LogP contribution in [0.1, 0.15) is 12.8 Å². The Morgan fingerprint density at radius 3 is 3.00 bits per heavy atom. The highest BCUT2D eigenvalue weighted by molar-refractivity contribution is 4.90. The summed E-state index contributed by atoms with van der Waals surface area (Å²) in [6.45, 7) is 5.70. The maximum Gasteiger partial charge on any atom is 0.0679 e. The zero-order valence-corrected chi connectivity index (χ0v) is 9.54. The molecule has 0 aliphatic carbocycles. The Hall–Kier alpha value is -0.160. The van der Waals surface area contributed by atoms with E-state index in [4.69, 9.17) is 4.74 Å². The summed E-state index contributed by atoms with van der Waals surface area (Å²) in [7, 11) is 2.00. The Bertz CT molecular complexity index is 205. The second kappa shape index (κ2) is 4.78. The van der Waals surface area contributed by atoms with E-state index in [0.29, 0.717) is 0 Å². The molecule has 2 aliphatic heterocycles. The van der Waals surface area contributed by atoms with Crippen LogP contribution in [0.15, 0.2) is 0 Å². The van der Waals surface area contributed by atoms with Gasteiger partial charge in [-0.3, -0.25) is 4.90 Å². The Labute approximate surface area is 91.6 Å². The number of likely N-dealkylation sites (tertiary alicyclic amines) is 1. The summed E-state index contributed by atoms with van der Waals surface area (Å²) in [6.07, 6.45) is 1.95. The lowest BCUT2D eigenvalue weighted by Gasteiger charge is -2.31. The fourth-order valence-electron chi connectivity index (χ4n) is 2.77. The first-order chi connectivity index (χ1) is 7.24. The third-order valence-electron chi connectivity index (χ3n) is 3.54. The zero-order valence-electron chi connectivity index (χ0n) is 9.54. The van der Waals surface area contributed by atoms with Crippen molar-refractivity contribution in [1.29, 1.82) is 0 Å². The molecule has 0 spiro atoms. The largest absolute Gasteiger partial charge is 0.392 e. The number of hydrogen-bond acceptors (Lipinski definition) is 4. The van der Waals surface area contributed by atoms with Crippen LogP contribution in [0, 0.1) is 5.41 Å². The number of β-amino-alcohol motifs (C(OH)–C–C–N with tert-alkyl or cyclic N) is 1. The van der Waals surface area contributed by atoms with Crippen LogP contribution in [-0.4, -0.2) is 62.6 Å². The van der Waals surface area contributed by atoms with Crippen LogP contribution in [0.3, 0.4) is 0 Å². The van der Waals surface area contributed by atoms with E-state index in [1.165, 1.54) is 0 Å². The molecule has 0 bridgehead atoms. The first kappa shape index (κ1) is 11.3. The fraction of sp³-hybridized carbons (Fsp3) is 1.00. The van der Waals surface area contributed by atoms with Crippen LogP contribution in [0.5, 0.6) is 0 Å². The van der Waals surface area contributed by atoms with Gasteiger partial charge in [-0.15, -0.1) is 0 Å². The quantitative estimate of drug-likeness (QED) is 0.673. The van der Waals surface area contributed by atoms with Gasteiger partial charge in [0.2, 0.25) is 0 Å². The number of ether oxygens (including phenoxy) is 1. The molecule has 0 radical (unpaired) electrons. The molecule has 0 aromatic heterocycles. The van der Waals surface area contributed by atoms with Gasteiger partial charge in [0.25, 0.3) is 0 Å². The van der Waals surface area contributed by atoms with E-state index in [-0.39, 0.29) is 11.5 Å². The van der Waals surface area contributed by atoms with Gasteiger partial charge >= 0.3 is 0 Å². The molecule has 0 aromatic rings. The average molecular weight is 214 g/mol. The predicted octanol–water partition coefficient (Wildman–Crippen LogP) is -0.321. The number of nitrogens with zero attached hydrogens (tertiary/aromatic N) is 1. The summed E-state index contributed by atoms with van der Waals surface area (Å²) < 4.78 is 5.52. The summed E-state index contributed by atoms with van der Waals surface area (Å²) in [4.78, 5) is 2.37. The molecule has 4 nitrogen and oxygen atoms in total. The van der Waals surface area contributed by atoms with Gasteiger partial charge in [0, 0.05) is 38.2 Å². The molecular weight excluding hydrogens is 192 g/mol. The SMILES string of the molecule is CNCC1(CN2CCC(O)C2)CCOC1. The normalized spacial score (nSPS) is 37.6. The minimum absolute atomic E-state index is 0.112. The molecule has 0 saturated carbocycles. The van der Waals surface area contributed by atoms with E-state index in [1.807, 2.05) is 7.05 Å². The highest BCUT2D eigenvalue weighted by Gasteiger charge is 2.37. The molecule has 2 rings (SSSR count). The molecule has 0 aromatic carbocycles. The van der Waals surface area contributed by atoms with Crippen molar-refractivity contribution in [2.75, 3.05) is 46.4 Å². The van der Waals surface area contributed by atoms with Crippen LogP contribution in [0.25, 0.3) is 0 Å². The highest BCUT2D eigenvalue weighted by atomic mass is 16.5. The Morgan fingerprint density at radius 1 is 1.60 bits per heavy atom. The minimum atomic E-state index is -0.112. The minimum Gasteiger partial charge on any atom is -0.392 e. The van der Waals surface area contributed by atoms with Crippen LogP contribution >= 0.6 is 0 Å². The number of aliphatic hydroxyl groups is 1. The second-order valence-electron chi connectivity index (χ2n) is 5.01. The summed E-state index contributed by atoms with van der Waals surface area (Å²) in [5.74, 6) is 0. The maximum absolute atomic E-state index is 9.50. The predicted molar refractivity (Wildman–Crippen MR) is 58.9 cm³/mol. The molecular formula is C11H22N2O2. The van der Waals surface area contributed by atoms with E-state index in [0.717, 1.165) is 52.2 Å². The van der Waals surface area contributed by atoms with Gasteiger partial charge in [0.1, 0.15) is 0 Å². The Kier molecular flexibility index (Phi) is 3.61. The fourth-order valence-corrected chi connectivity index (χ4v) is 2.77. The number of rotatable bonds is 4. The summed E-state index contributed by atoms with van der Waals surface area (Å²) in [6, 6.07) is 0. The first-order valence-electron chi connectivity index (χ1n) is 5.87. The zero-order chi connectivity index (χ0) is 10.7. The van der Waals surface area contributed by atoms with Crippen molar-refractivity contribution < 1.29 is 9.84 Å². The molecule has 2 atom stereocenters. The van der Waals surface area contributed by atoms with Gasteiger partial charge in [-0.25, -0.2) is 0 Å². The van der Waals surface area contributed by atoms with Crippen molar-refractivity contribution in [1.82, 2.24) is 10.2 Å². The summed E-state index contributed by atoms with van der Waals surface area (Å²) in [5.41, 5.74) is 0.277. The van der Waals surface area contributed by atoms with Crippen molar-refractivity contribution in [2.45, 2.75) is 18.9 Å². The third-order valence-corrected chi connectivity index (χ3v) is 3.54. The first-order valence-corrected chi connectivity index (χ1v) is 5.87. The standard InChI is InChI=1S/C11H22N2O2/c1-12-7-11(3-5-15-9-11)8-13-4-2-10(14)6-13/h10,12,14H,2-9H2,1H3. The molecule has 2 fully saturated rings. The average Bonchev–Trinajstić information content (AvgIpc) is 2.78. The number of hydrogen-bond donors (Lipinski definition) is 2. The third kappa shape index (κ3) is 2.69. The van der Waals surface area contributed by atoms with Crippen molar-refractivity contribution >= 4 is 0 Å². The Morgan fingerprint density at radius 2 is 2.47 bits per heavy atom. The van der Waals surface area contributed by atoms with Gasteiger partial charge in [-0.1, -0.05) is 0 Å². The lowest BCUT2D eigenvalue weighted by molar-refractivity contribution is 0.110. The van der Waals surface area contributed by atoms with Gasteiger partial charge in [0.05, 0.1) is 12.7 Å². The van der Waals surface area contributed by atoms with E-state index in [9.17, 15) is 5.11 Å². The highest BCUT2D eigenvalue weighted by Crippen LogP contribution is 2.30. The van der Waals surface area contributed by atoms with Crippen LogP contribution in [0.2, 0.25) is 0 Å². The smallest absolute Gasteiger partial charge is 0.0679 e. The van der Waals surface area contributed by atoms with Crippen molar-refractivity contribution in [3.8, 4) is 0 Å². The van der Waals surface area contributed by atoms with Crippen LogP contribution in [0.4, 0.5) is 0 Å². The second-order valence-corrected chi connectivity index (χ2v) is 5.01.